The Kier molecular flexibility index (Phi) is 2.27. The number of aromatic nitrogens is 4. The van der Waals surface area contributed by atoms with E-state index in [0.29, 0.717) is 4.77 Å². The minimum Gasteiger partial charge on any atom is -0.272 e. The summed E-state index contributed by atoms with van der Waals surface area (Å²) in [5.74, 6) is 0.819. The fourth-order valence-electron chi connectivity index (χ4n) is 2.10. The van der Waals surface area contributed by atoms with E-state index in [9.17, 15) is 0 Å². The first-order chi connectivity index (χ1) is 9.33. The van der Waals surface area contributed by atoms with Crippen molar-refractivity contribution >= 4 is 40.1 Å². The van der Waals surface area contributed by atoms with Crippen molar-refractivity contribution in [2.45, 2.75) is 0 Å². The number of H-pyrrole nitrogens is 1. The standard InChI is InChI=1S/C13H8N4S2/c18-13-14-9-5-2-1-4-8(9)12-15-11(16-17(12)13)10-6-3-7-19-10/h1-7H,(H,15,16). The highest BCUT2D eigenvalue weighted by molar-refractivity contribution is 7.71. The zero-order valence-electron chi connectivity index (χ0n) is 9.70. The molecule has 0 saturated carbocycles. The summed E-state index contributed by atoms with van der Waals surface area (Å²) in [6.45, 7) is 0. The zero-order chi connectivity index (χ0) is 12.8. The van der Waals surface area contributed by atoms with E-state index in [1.54, 1.807) is 15.9 Å². The van der Waals surface area contributed by atoms with Crippen molar-refractivity contribution in [2.24, 2.45) is 0 Å². The molecular weight excluding hydrogens is 276 g/mol. The fourth-order valence-corrected chi connectivity index (χ4v) is 2.99. The Morgan fingerprint density at radius 3 is 2.84 bits per heavy atom. The molecule has 1 aromatic carbocycles. The molecule has 0 aliphatic carbocycles. The molecule has 4 nitrogen and oxygen atoms in total. The monoisotopic (exact) mass is 284 g/mol. The number of rotatable bonds is 1. The second-order valence-corrected chi connectivity index (χ2v) is 5.43. The molecule has 0 fully saturated rings. The highest BCUT2D eigenvalue weighted by atomic mass is 32.1. The summed E-state index contributed by atoms with van der Waals surface area (Å²) in [4.78, 5) is 10.1. The van der Waals surface area contributed by atoms with Crippen LogP contribution in [0.1, 0.15) is 0 Å². The molecule has 92 valence electrons. The van der Waals surface area contributed by atoms with Crippen LogP contribution in [-0.4, -0.2) is 19.6 Å². The third-order valence-corrected chi connectivity index (χ3v) is 4.10. The molecule has 0 unspecified atom stereocenters. The largest absolute Gasteiger partial charge is 0.272 e. The Bertz CT molecular complexity index is 934. The molecule has 0 aliphatic rings. The number of aromatic amines is 1. The van der Waals surface area contributed by atoms with Crippen LogP contribution >= 0.6 is 23.6 Å². The van der Waals surface area contributed by atoms with Crippen LogP contribution in [0.15, 0.2) is 41.8 Å². The summed E-state index contributed by atoms with van der Waals surface area (Å²) in [5, 5.41) is 6.23. The lowest BCUT2D eigenvalue weighted by atomic mass is 10.2. The van der Waals surface area contributed by atoms with Crippen molar-refractivity contribution in [3.8, 4) is 10.7 Å². The molecule has 0 radical (unpaired) electrons. The number of hydrogen-bond acceptors (Lipinski definition) is 4. The van der Waals surface area contributed by atoms with Crippen molar-refractivity contribution in [1.29, 1.82) is 0 Å². The summed E-state index contributed by atoms with van der Waals surface area (Å²) in [7, 11) is 0. The van der Waals surface area contributed by atoms with Gasteiger partial charge >= 0.3 is 0 Å². The van der Waals surface area contributed by atoms with Crippen LogP contribution in [0.2, 0.25) is 0 Å². The summed E-state index contributed by atoms with van der Waals surface area (Å²) >= 11 is 6.95. The normalized spacial score (nSPS) is 11.4. The molecule has 1 N–H and O–H groups in total. The maximum Gasteiger partial charge on any atom is 0.221 e. The molecule has 4 aromatic rings. The number of hydrogen-bond donors (Lipinski definition) is 1. The van der Waals surface area contributed by atoms with Crippen molar-refractivity contribution in [3.05, 3.63) is 46.5 Å². The molecule has 0 spiro atoms. The van der Waals surface area contributed by atoms with Crippen molar-refractivity contribution in [1.82, 2.24) is 19.6 Å². The average molecular weight is 284 g/mol. The topological polar surface area (TPSA) is 46.0 Å². The van der Waals surface area contributed by atoms with Gasteiger partial charge < -0.3 is 0 Å². The molecule has 3 aromatic heterocycles. The number of para-hydroxylation sites is 1. The van der Waals surface area contributed by atoms with Gasteiger partial charge in [0.05, 0.1) is 10.4 Å². The molecule has 0 amide bonds. The van der Waals surface area contributed by atoms with Gasteiger partial charge in [-0.15, -0.1) is 11.3 Å². The third kappa shape index (κ3) is 1.61. The van der Waals surface area contributed by atoms with Crippen LogP contribution in [0.5, 0.6) is 0 Å². The first-order valence-electron chi connectivity index (χ1n) is 5.74. The van der Waals surface area contributed by atoms with Crippen molar-refractivity contribution in [2.75, 3.05) is 0 Å². The maximum atomic E-state index is 5.31. The predicted molar refractivity (Wildman–Crippen MR) is 79.0 cm³/mol. The van der Waals surface area contributed by atoms with E-state index in [-0.39, 0.29) is 0 Å². The zero-order valence-corrected chi connectivity index (χ0v) is 11.3. The smallest absolute Gasteiger partial charge is 0.221 e. The maximum absolute atomic E-state index is 5.31. The SMILES string of the molecule is S=c1nc2ccccc2c2nc(-c3cccs3)[nH]n12. The van der Waals surface area contributed by atoms with Crippen LogP contribution in [0.3, 0.4) is 0 Å². The van der Waals surface area contributed by atoms with E-state index >= 15 is 0 Å². The number of nitrogens with one attached hydrogen (secondary N) is 1. The average Bonchev–Trinajstić information content (AvgIpc) is 3.08. The van der Waals surface area contributed by atoms with Gasteiger partial charge in [-0.3, -0.25) is 5.10 Å². The Morgan fingerprint density at radius 1 is 1.11 bits per heavy atom. The van der Waals surface area contributed by atoms with Gasteiger partial charge in [-0.1, -0.05) is 18.2 Å². The summed E-state index contributed by atoms with van der Waals surface area (Å²) in [5.41, 5.74) is 1.69. The van der Waals surface area contributed by atoms with E-state index in [1.807, 2.05) is 41.8 Å². The minimum absolute atomic E-state index is 0.490. The molecular formula is C13H8N4S2. The number of nitrogens with zero attached hydrogens (tertiary/aromatic N) is 3. The van der Waals surface area contributed by atoms with Crippen LogP contribution < -0.4 is 0 Å². The molecule has 19 heavy (non-hydrogen) atoms. The summed E-state index contributed by atoms with van der Waals surface area (Å²) in [6, 6.07) is 11.9. The second-order valence-electron chi connectivity index (χ2n) is 4.12. The molecule has 0 aliphatic heterocycles. The van der Waals surface area contributed by atoms with Gasteiger partial charge in [-0.25, -0.2) is 14.5 Å². The minimum atomic E-state index is 0.490. The lowest BCUT2D eigenvalue weighted by molar-refractivity contribution is 0.919. The number of benzene rings is 1. The molecule has 0 bridgehead atoms. The quantitative estimate of drug-likeness (QED) is 0.542. The van der Waals surface area contributed by atoms with E-state index in [4.69, 9.17) is 12.2 Å². The highest BCUT2D eigenvalue weighted by Crippen LogP contribution is 2.24. The van der Waals surface area contributed by atoms with E-state index in [1.165, 1.54) is 0 Å². The fraction of sp³-hybridized carbons (Fsp3) is 0. The first-order valence-corrected chi connectivity index (χ1v) is 7.03. The van der Waals surface area contributed by atoms with Gasteiger partial charge in [0.15, 0.2) is 11.5 Å². The van der Waals surface area contributed by atoms with E-state index in [2.05, 4.69) is 15.1 Å². The highest BCUT2D eigenvalue weighted by Gasteiger charge is 2.10. The molecule has 4 rings (SSSR count). The summed E-state index contributed by atoms with van der Waals surface area (Å²) < 4.78 is 2.25. The van der Waals surface area contributed by atoms with Gasteiger partial charge in [-0.2, -0.15) is 0 Å². The Balaban J connectivity index is 2.16. The molecule has 6 heteroatoms. The number of fused-ring (bicyclic) bond motifs is 3. The Morgan fingerprint density at radius 2 is 2.00 bits per heavy atom. The van der Waals surface area contributed by atoms with Crippen LogP contribution in [0.25, 0.3) is 27.3 Å². The molecule has 0 atom stereocenters. The molecule has 3 heterocycles. The van der Waals surface area contributed by atoms with Gasteiger partial charge in [0.2, 0.25) is 4.77 Å². The first kappa shape index (κ1) is 10.8. The van der Waals surface area contributed by atoms with Gasteiger partial charge in [-0.05, 0) is 35.8 Å². The third-order valence-electron chi connectivity index (χ3n) is 2.95. The van der Waals surface area contributed by atoms with Crippen LogP contribution in [0, 0.1) is 4.77 Å². The van der Waals surface area contributed by atoms with E-state index in [0.717, 1.165) is 27.3 Å². The number of thiophene rings is 1. The Labute approximate surface area is 117 Å². The van der Waals surface area contributed by atoms with Gasteiger partial charge in [0.25, 0.3) is 0 Å². The van der Waals surface area contributed by atoms with Crippen molar-refractivity contribution in [3.63, 3.8) is 0 Å². The van der Waals surface area contributed by atoms with Gasteiger partial charge in [0, 0.05) is 5.39 Å². The lowest BCUT2D eigenvalue weighted by Gasteiger charge is -1.97. The van der Waals surface area contributed by atoms with Gasteiger partial charge in [0.1, 0.15) is 0 Å². The van der Waals surface area contributed by atoms with E-state index < -0.39 is 0 Å². The van der Waals surface area contributed by atoms with Crippen molar-refractivity contribution < 1.29 is 0 Å². The molecule has 0 saturated heterocycles. The lowest BCUT2D eigenvalue weighted by Crippen LogP contribution is -1.94. The van der Waals surface area contributed by atoms with Crippen LogP contribution in [-0.2, 0) is 0 Å². The second kappa shape index (κ2) is 3.97. The summed E-state index contributed by atoms with van der Waals surface area (Å²) in [6.07, 6.45) is 0. The van der Waals surface area contributed by atoms with Crippen LogP contribution in [0.4, 0.5) is 0 Å². The Hall–Kier alpha value is -2.05. The predicted octanol–water partition coefficient (Wildman–Crippen LogP) is 3.67.